The lowest BCUT2D eigenvalue weighted by Gasteiger charge is -2.36. The molecule has 2 amide bonds. The molecule has 7 nitrogen and oxygen atoms in total. The van der Waals surface area contributed by atoms with Crippen LogP contribution in [0.4, 0.5) is 0 Å². The van der Waals surface area contributed by atoms with Gasteiger partial charge in [-0.25, -0.2) is 8.42 Å². The van der Waals surface area contributed by atoms with Gasteiger partial charge in [-0.2, -0.15) is 4.31 Å². The van der Waals surface area contributed by atoms with Gasteiger partial charge in [0.05, 0.1) is 0 Å². The first-order valence-corrected chi connectivity index (χ1v) is 13.6. The van der Waals surface area contributed by atoms with Crippen molar-refractivity contribution < 1.29 is 18.0 Å². The number of likely N-dealkylation sites (tertiary alicyclic amines) is 1. The predicted molar refractivity (Wildman–Crippen MR) is 132 cm³/mol. The lowest BCUT2D eigenvalue weighted by atomic mass is 10.0. The fourth-order valence-corrected chi connectivity index (χ4v) is 7.11. The zero-order valence-electron chi connectivity index (χ0n) is 19.7. The summed E-state index contributed by atoms with van der Waals surface area (Å²) in [6.07, 6.45) is 3.98. The minimum atomic E-state index is -3.50. The third kappa shape index (κ3) is 5.33. The molecule has 0 saturated carbocycles. The highest BCUT2D eigenvalue weighted by molar-refractivity contribution is 7.89. The summed E-state index contributed by atoms with van der Waals surface area (Å²) in [7, 11) is -3.50. The second-order valence-corrected chi connectivity index (χ2v) is 11.2. The topological polar surface area (TPSA) is 86.8 Å². The van der Waals surface area contributed by atoms with Crippen LogP contribution in [0.15, 0.2) is 54.6 Å². The van der Waals surface area contributed by atoms with Crippen molar-refractivity contribution in [3.05, 3.63) is 71.3 Å². The molecule has 0 aromatic heterocycles. The number of nitrogens with one attached hydrogen (secondary N) is 1. The van der Waals surface area contributed by atoms with Crippen LogP contribution in [-0.2, 0) is 14.8 Å². The van der Waals surface area contributed by atoms with Crippen molar-refractivity contribution in [3.63, 3.8) is 0 Å². The maximum atomic E-state index is 13.4. The van der Waals surface area contributed by atoms with Gasteiger partial charge in [-0.1, -0.05) is 42.5 Å². The largest absolute Gasteiger partial charge is 0.350 e. The van der Waals surface area contributed by atoms with Crippen molar-refractivity contribution in [1.29, 1.82) is 0 Å². The van der Waals surface area contributed by atoms with Gasteiger partial charge in [-0.05, 0) is 55.9 Å². The van der Waals surface area contributed by atoms with Crippen molar-refractivity contribution in [2.45, 2.75) is 50.3 Å². The Hall–Kier alpha value is -2.71. The summed E-state index contributed by atoms with van der Waals surface area (Å²) < 4.78 is 28.4. The van der Waals surface area contributed by atoms with Gasteiger partial charge in [0.1, 0.15) is 5.25 Å². The third-order valence-corrected chi connectivity index (χ3v) is 9.26. The van der Waals surface area contributed by atoms with E-state index in [2.05, 4.69) is 5.32 Å². The van der Waals surface area contributed by atoms with Gasteiger partial charge in [0.2, 0.25) is 15.9 Å². The predicted octanol–water partition coefficient (Wildman–Crippen LogP) is 3.66. The highest BCUT2D eigenvalue weighted by atomic mass is 32.2. The number of hydrogen-bond acceptors (Lipinski definition) is 4. The number of piperidine rings is 1. The quantitative estimate of drug-likeness (QED) is 0.651. The first-order chi connectivity index (χ1) is 16.4. The molecule has 2 aliphatic heterocycles. The van der Waals surface area contributed by atoms with E-state index in [1.807, 2.05) is 49.4 Å². The first kappa shape index (κ1) is 24.4. The molecule has 8 heteroatoms. The molecule has 0 bridgehead atoms. The first-order valence-electron chi connectivity index (χ1n) is 12.1. The molecular weight excluding hydrogens is 450 g/mol. The van der Waals surface area contributed by atoms with Crippen LogP contribution < -0.4 is 5.32 Å². The second kappa shape index (κ2) is 10.7. The van der Waals surface area contributed by atoms with Gasteiger partial charge >= 0.3 is 0 Å². The minimum absolute atomic E-state index is 0.154. The van der Waals surface area contributed by atoms with Crippen molar-refractivity contribution >= 4 is 21.8 Å². The zero-order chi connectivity index (χ0) is 24.1. The molecule has 2 fully saturated rings. The summed E-state index contributed by atoms with van der Waals surface area (Å²) in [5.74, 6) is -0.0422. The maximum absolute atomic E-state index is 13.4. The average molecular weight is 484 g/mol. The Kier molecular flexibility index (Phi) is 7.68. The maximum Gasteiger partial charge on any atom is 0.251 e. The van der Waals surface area contributed by atoms with Gasteiger partial charge in [0.15, 0.2) is 0 Å². The Morgan fingerprint density at radius 2 is 1.76 bits per heavy atom. The van der Waals surface area contributed by atoms with Gasteiger partial charge in [0.25, 0.3) is 5.91 Å². The number of amides is 2. The van der Waals surface area contributed by atoms with Crippen LogP contribution in [0.2, 0.25) is 0 Å². The minimum Gasteiger partial charge on any atom is -0.350 e. The number of benzene rings is 2. The normalized spacial score (nSPS) is 21.7. The van der Waals surface area contributed by atoms with Crippen LogP contribution in [0.5, 0.6) is 0 Å². The van der Waals surface area contributed by atoms with E-state index in [0.717, 1.165) is 36.9 Å². The molecule has 1 N–H and O–H groups in total. The number of carbonyl (C=O) groups excluding carboxylic acids is 2. The highest BCUT2D eigenvalue weighted by Gasteiger charge is 2.39. The molecule has 2 aromatic carbocycles. The molecule has 2 heterocycles. The molecule has 2 aliphatic rings. The molecule has 2 atom stereocenters. The van der Waals surface area contributed by atoms with Gasteiger partial charge < -0.3 is 10.2 Å². The number of carbonyl (C=O) groups is 2. The van der Waals surface area contributed by atoms with Crippen molar-refractivity contribution in [2.24, 2.45) is 0 Å². The Labute approximate surface area is 202 Å². The Bertz CT molecular complexity index is 1100. The van der Waals surface area contributed by atoms with Crippen LogP contribution in [-0.4, -0.2) is 55.6 Å². The fourth-order valence-electron chi connectivity index (χ4n) is 4.88. The van der Waals surface area contributed by atoms with Crippen LogP contribution in [0.1, 0.15) is 71.8 Å². The Balaban J connectivity index is 1.38. The molecule has 2 aromatic rings. The van der Waals surface area contributed by atoms with Crippen LogP contribution >= 0.6 is 0 Å². The smallest absolute Gasteiger partial charge is 0.251 e. The summed E-state index contributed by atoms with van der Waals surface area (Å²) >= 11 is 0. The second-order valence-electron chi connectivity index (χ2n) is 9.09. The van der Waals surface area contributed by atoms with E-state index in [0.29, 0.717) is 38.0 Å². The Morgan fingerprint density at radius 3 is 2.47 bits per heavy atom. The van der Waals surface area contributed by atoms with Crippen LogP contribution in [0.3, 0.4) is 0 Å². The van der Waals surface area contributed by atoms with Gasteiger partial charge in [-0.15, -0.1) is 0 Å². The lowest BCUT2D eigenvalue weighted by Crippen LogP contribution is -2.41. The summed E-state index contributed by atoms with van der Waals surface area (Å²) in [6.45, 7) is 4.08. The van der Waals surface area contributed by atoms with E-state index in [4.69, 9.17) is 0 Å². The zero-order valence-corrected chi connectivity index (χ0v) is 20.5. The SMILES string of the molecule is CC(c1ccc(C(=O)NCCN2CCCCC2=O)cc1)N1CCCC(c2ccccc2)S1(=O)=O. The van der Waals surface area contributed by atoms with E-state index in [1.165, 1.54) is 0 Å². The summed E-state index contributed by atoms with van der Waals surface area (Å²) in [4.78, 5) is 26.2. The van der Waals surface area contributed by atoms with E-state index in [9.17, 15) is 18.0 Å². The summed E-state index contributed by atoms with van der Waals surface area (Å²) in [5, 5.41) is 2.35. The van der Waals surface area contributed by atoms with E-state index < -0.39 is 15.3 Å². The standard InChI is InChI=1S/C26H33N3O4S/c1-20(29-18-7-10-24(34(29,32)33)22-8-3-2-4-9-22)21-12-14-23(15-13-21)26(31)27-16-19-28-17-6-5-11-25(28)30/h2-4,8-9,12-15,20,24H,5-7,10-11,16-19H2,1H3,(H,27,31). The number of hydrogen-bond donors (Lipinski definition) is 1. The Morgan fingerprint density at radius 1 is 1.03 bits per heavy atom. The molecule has 34 heavy (non-hydrogen) atoms. The molecular formula is C26H33N3O4S. The van der Waals surface area contributed by atoms with Gasteiger partial charge in [0, 0.05) is 44.2 Å². The van der Waals surface area contributed by atoms with Gasteiger partial charge in [-0.3, -0.25) is 9.59 Å². The molecule has 0 aliphatic carbocycles. The van der Waals surface area contributed by atoms with E-state index in [-0.39, 0.29) is 17.9 Å². The third-order valence-electron chi connectivity index (χ3n) is 6.88. The molecule has 0 radical (unpaired) electrons. The fraction of sp³-hybridized carbons (Fsp3) is 0.462. The van der Waals surface area contributed by atoms with Crippen molar-refractivity contribution in [3.8, 4) is 0 Å². The molecule has 4 rings (SSSR count). The number of rotatable bonds is 7. The van der Waals surface area contributed by atoms with E-state index in [1.54, 1.807) is 21.3 Å². The van der Waals surface area contributed by atoms with Crippen molar-refractivity contribution in [1.82, 2.24) is 14.5 Å². The van der Waals surface area contributed by atoms with Crippen molar-refractivity contribution in [2.75, 3.05) is 26.2 Å². The molecule has 182 valence electrons. The lowest BCUT2D eigenvalue weighted by molar-refractivity contribution is -0.133. The monoisotopic (exact) mass is 483 g/mol. The van der Waals surface area contributed by atoms with E-state index >= 15 is 0 Å². The molecule has 2 unspecified atom stereocenters. The average Bonchev–Trinajstić information content (AvgIpc) is 2.85. The number of sulfonamides is 1. The van der Waals surface area contributed by atoms with Crippen LogP contribution in [0.25, 0.3) is 0 Å². The van der Waals surface area contributed by atoms with Crippen LogP contribution in [0, 0.1) is 0 Å². The molecule has 0 spiro atoms. The molecule has 2 saturated heterocycles. The summed E-state index contributed by atoms with van der Waals surface area (Å²) in [6, 6.07) is 16.2. The number of nitrogens with zero attached hydrogens (tertiary/aromatic N) is 2. The summed E-state index contributed by atoms with van der Waals surface area (Å²) in [5.41, 5.74) is 2.20. The highest BCUT2D eigenvalue weighted by Crippen LogP contribution is 2.38.